The van der Waals surface area contributed by atoms with Gasteiger partial charge in [-0.3, -0.25) is 0 Å². The van der Waals surface area contributed by atoms with Crippen LogP contribution < -0.4 is 3.61 Å². The normalized spacial score (nSPS) is 9.86. The second-order valence-electron chi connectivity index (χ2n) is 2.91. The van der Waals surface area contributed by atoms with Crippen LogP contribution in [0.4, 0.5) is 0 Å². The molecule has 0 aliphatic carbocycles. The summed E-state index contributed by atoms with van der Waals surface area (Å²) in [6, 6.07) is 8.39. The Bertz CT molecular complexity index is 293. The first-order chi connectivity index (χ1) is 6.72. The van der Waals surface area contributed by atoms with Gasteiger partial charge in [-0.05, 0) is 0 Å². The van der Waals surface area contributed by atoms with Crippen LogP contribution in [-0.4, -0.2) is 33.5 Å². The van der Waals surface area contributed by atoms with E-state index in [1.807, 2.05) is 6.92 Å². The molecule has 0 radical (unpaired) electrons. The first-order valence-electron chi connectivity index (χ1n) is 4.57. The van der Waals surface area contributed by atoms with Crippen molar-refractivity contribution in [2.75, 3.05) is 6.61 Å². The molecule has 0 aromatic heterocycles. The Hall–Kier alpha value is -0.520. The standard InChI is InChI=1S/C11H14O2Te/c1-3-13-11(12)8-14-10-6-4-9(2)5-7-10/h4-7H,3,8H2,1-2H3. The minimum atomic E-state index is -0.391. The van der Waals surface area contributed by atoms with Gasteiger partial charge in [-0.15, -0.1) is 0 Å². The van der Waals surface area contributed by atoms with Gasteiger partial charge in [-0.2, -0.15) is 0 Å². The number of hydrogen-bond donors (Lipinski definition) is 0. The number of benzene rings is 1. The van der Waals surface area contributed by atoms with E-state index in [4.69, 9.17) is 4.74 Å². The van der Waals surface area contributed by atoms with Crippen molar-refractivity contribution in [2.24, 2.45) is 0 Å². The van der Waals surface area contributed by atoms with Crippen molar-refractivity contribution in [3.05, 3.63) is 29.8 Å². The molecule has 0 N–H and O–H groups in total. The van der Waals surface area contributed by atoms with Gasteiger partial charge in [0.25, 0.3) is 0 Å². The molecule has 0 aliphatic rings. The molecular formula is C11H14O2Te. The van der Waals surface area contributed by atoms with Crippen molar-refractivity contribution in [3.8, 4) is 0 Å². The number of carbonyl (C=O) groups excluding carboxylic acids is 1. The molecule has 0 fully saturated rings. The summed E-state index contributed by atoms with van der Waals surface area (Å²) in [6.07, 6.45) is 0. The summed E-state index contributed by atoms with van der Waals surface area (Å²) in [5.41, 5.74) is 1.26. The molecule has 0 heterocycles. The van der Waals surface area contributed by atoms with Gasteiger partial charge in [0.05, 0.1) is 0 Å². The van der Waals surface area contributed by atoms with Gasteiger partial charge in [0, 0.05) is 0 Å². The molecule has 2 nitrogen and oxygen atoms in total. The van der Waals surface area contributed by atoms with E-state index in [-0.39, 0.29) is 5.97 Å². The molecule has 76 valence electrons. The number of esters is 1. The van der Waals surface area contributed by atoms with Crippen LogP contribution in [0.3, 0.4) is 0 Å². The molecule has 0 amide bonds. The average molecular weight is 306 g/mol. The SMILES string of the molecule is CCOC(=O)C[Te]c1ccc(C)cc1. The zero-order valence-electron chi connectivity index (χ0n) is 8.45. The van der Waals surface area contributed by atoms with Gasteiger partial charge < -0.3 is 0 Å². The van der Waals surface area contributed by atoms with Crippen LogP contribution in [0.15, 0.2) is 24.3 Å². The Morgan fingerprint density at radius 1 is 1.36 bits per heavy atom. The molecule has 0 unspecified atom stereocenters. The van der Waals surface area contributed by atoms with E-state index in [9.17, 15) is 4.79 Å². The molecule has 0 saturated carbocycles. The third-order valence-electron chi connectivity index (χ3n) is 1.68. The number of rotatable bonds is 4. The van der Waals surface area contributed by atoms with E-state index in [1.54, 1.807) is 0 Å². The first kappa shape index (κ1) is 11.6. The second kappa shape index (κ2) is 6.06. The van der Waals surface area contributed by atoms with Gasteiger partial charge in [0.1, 0.15) is 0 Å². The number of hydrogen-bond acceptors (Lipinski definition) is 2. The van der Waals surface area contributed by atoms with Crippen LogP contribution in [0.25, 0.3) is 0 Å². The molecular weight excluding hydrogens is 292 g/mol. The average Bonchev–Trinajstić information content (AvgIpc) is 2.17. The molecule has 0 saturated heterocycles. The molecule has 1 rings (SSSR count). The Morgan fingerprint density at radius 2 is 2.00 bits per heavy atom. The molecule has 1 aromatic carbocycles. The van der Waals surface area contributed by atoms with Crippen LogP contribution in [0.5, 0.6) is 0 Å². The van der Waals surface area contributed by atoms with E-state index >= 15 is 0 Å². The van der Waals surface area contributed by atoms with Crippen LogP contribution in [0.1, 0.15) is 12.5 Å². The minimum absolute atomic E-state index is 0.0597. The van der Waals surface area contributed by atoms with Crippen molar-refractivity contribution in [1.29, 1.82) is 0 Å². The van der Waals surface area contributed by atoms with Crippen LogP contribution in [0, 0.1) is 6.92 Å². The Labute approximate surface area is 94.7 Å². The van der Waals surface area contributed by atoms with Gasteiger partial charge in [-0.25, -0.2) is 0 Å². The summed E-state index contributed by atoms with van der Waals surface area (Å²) in [5.74, 6) is -0.0597. The molecule has 0 atom stereocenters. The Morgan fingerprint density at radius 3 is 2.57 bits per heavy atom. The summed E-state index contributed by atoms with van der Waals surface area (Å²) >= 11 is -0.391. The summed E-state index contributed by atoms with van der Waals surface area (Å²) in [5, 5.41) is 0. The Kier molecular flexibility index (Phi) is 5.00. The van der Waals surface area contributed by atoms with Crippen molar-refractivity contribution >= 4 is 30.5 Å². The third-order valence-corrected chi connectivity index (χ3v) is 4.50. The summed E-state index contributed by atoms with van der Waals surface area (Å²) in [7, 11) is 0. The predicted molar refractivity (Wildman–Crippen MR) is 58.0 cm³/mol. The van der Waals surface area contributed by atoms with E-state index in [0.717, 1.165) is 0 Å². The summed E-state index contributed by atoms with van der Waals surface area (Å²) in [4.78, 5) is 11.1. The summed E-state index contributed by atoms with van der Waals surface area (Å²) < 4.78 is 6.79. The molecule has 14 heavy (non-hydrogen) atoms. The van der Waals surface area contributed by atoms with Crippen molar-refractivity contribution in [1.82, 2.24) is 0 Å². The van der Waals surface area contributed by atoms with Crippen molar-refractivity contribution in [3.63, 3.8) is 0 Å². The number of ether oxygens (including phenoxy) is 1. The monoisotopic (exact) mass is 308 g/mol. The fraction of sp³-hybridized carbons (Fsp3) is 0.364. The molecule has 0 bridgehead atoms. The predicted octanol–water partition coefficient (Wildman–Crippen LogP) is 1.31. The van der Waals surface area contributed by atoms with E-state index in [2.05, 4.69) is 31.2 Å². The zero-order valence-corrected chi connectivity index (χ0v) is 10.8. The first-order valence-corrected chi connectivity index (χ1v) is 7.38. The van der Waals surface area contributed by atoms with Gasteiger partial charge in [0.2, 0.25) is 0 Å². The maximum absolute atomic E-state index is 11.1. The second-order valence-corrected chi connectivity index (χ2v) is 5.90. The maximum atomic E-state index is 11.1. The van der Waals surface area contributed by atoms with Crippen LogP contribution >= 0.6 is 0 Å². The fourth-order valence-electron chi connectivity index (χ4n) is 0.979. The quantitative estimate of drug-likeness (QED) is 0.619. The van der Waals surface area contributed by atoms with Gasteiger partial charge in [0.15, 0.2) is 0 Å². The van der Waals surface area contributed by atoms with Crippen molar-refractivity contribution < 1.29 is 9.53 Å². The Balaban J connectivity index is 2.38. The molecule has 0 aliphatic heterocycles. The zero-order chi connectivity index (χ0) is 10.4. The number of carbonyl (C=O) groups is 1. The van der Waals surface area contributed by atoms with Crippen molar-refractivity contribution in [2.45, 2.75) is 18.3 Å². The molecule has 0 spiro atoms. The van der Waals surface area contributed by atoms with Crippen LogP contribution in [0.2, 0.25) is 4.47 Å². The third kappa shape index (κ3) is 4.13. The molecule has 1 aromatic rings. The molecule has 3 heteroatoms. The fourth-order valence-corrected chi connectivity index (χ4v) is 2.97. The van der Waals surface area contributed by atoms with E-state index in [1.165, 1.54) is 9.17 Å². The summed E-state index contributed by atoms with van der Waals surface area (Å²) in [6.45, 7) is 4.39. The van der Waals surface area contributed by atoms with E-state index in [0.29, 0.717) is 11.1 Å². The number of aryl methyl sites for hydroxylation is 1. The van der Waals surface area contributed by atoms with Gasteiger partial charge >= 0.3 is 94.8 Å². The van der Waals surface area contributed by atoms with Gasteiger partial charge in [-0.1, -0.05) is 0 Å². The van der Waals surface area contributed by atoms with E-state index < -0.39 is 20.9 Å². The van der Waals surface area contributed by atoms with Crippen LogP contribution in [-0.2, 0) is 9.53 Å². The topological polar surface area (TPSA) is 26.3 Å².